The van der Waals surface area contributed by atoms with Gasteiger partial charge in [0.15, 0.2) is 0 Å². The molecule has 0 N–H and O–H groups in total. The van der Waals surface area contributed by atoms with Crippen molar-refractivity contribution in [3.63, 3.8) is 0 Å². The lowest BCUT2D eigenvalue weighted by Crippen LogP contribution is -2.34. The van der Waals surface area contributed by atoms with Crippen molar-refractivity contribution in [2.75, 3.05) is 0 Å². The molecule has 0 fully saturated rings. The van der Waals surface area contributed by atoms with E-state index in [0.717, 1.165) is 5.39 Å². The van der Waals surface area contributed by atoms with Crippen LogP contribution in [0.1, 0.15) is 21.6 Å². The molecule has 0 saturated heterocycles. The van der Waals surface area contributed by atoms with E-state index in [9.17, 15) is 20.2 Å². The standard InChI is InChI=1S/C24H15N3O4/c25-16-24(20-12-6-7-13-21(20)27(29)30,31-23(28)18-9-2-1-3-10-18)22-19-11-5-4-8-17(19)14-15-26-22/h1-15H. The van der Waals surface area contributed by atoms with Gasteiger partial charge >= 0.3 is 5.97 Å². The fraction of sp³-hybridized carbons (Fsp3) is 0.0417. The van der Waals surface area contributed by atoms with Gasteiger partial charge in [0.2, 0.25) is 0 Å². The highest BCUT2D eigenvalue weighted by Gasteiger charge is 2.46. The third kappa shape index (κ3) is 3.47. The number of benzene rings is 3. The van der Waals surface area contributed by atoms with E-state index in [1.54, 1.807) is 54.6 Å². The zero-order valence-corrected chi connectivity index (χ0v) is 16.1. The molecule has 7 heteroatoms. The molecule has 4 aromatic rings. The van der Waals surface area contributed by atoms with Crippen molar-refractivity contribution in [1.82, 2.24) is 4.98 Å². The van der Waals surface area contributed by atoms with Gasteiger partial charge in [-0.1, -0.05) is 54.6 Å². The summed E-state index contributed by atoms with van der Waals surface area (Å²) in [6.07, 6.45) is 1.48. The third-order valence-corrected chi connectivity index (χ3v) is 4.90. The summed E-state index contributed by atoms with van der Waals surface area (Å²) in [7, 11) is 0. The molecule has 0 saturated carbocycles. The molecule has 0 aliphatic rings. The number of fused-ring (bicyclic) bond motifs is 1. The average Bonchev–Trinajstić information content (AvgIpc) is 2.82. The van der Waals surface area contributed by atoms with Crippen molar-refractivity contribution in [3.8, 4) is 6.07 Å². The maximum atomic E-state index is 13.0. The Kier molecular flexibility index (Phi) is 5.12. The van der Waals surface area contributed by atoms with E-state index in [4.69, 9.17) is 4.74 Å². The molecule has 1 heterocycles. The smallest absolute Gasteiger partial charge is 0.340 e. The fourth-order valence-corrected chi connectivity index (χ4v) is 3.47. The van der Waals surface area contributed by atoms with Gasteiger partial charge in [-0.05, 0) is 29.7 Å². The van der Waals surface area contributed by atoms with Crippen LogP contribution in [0, 0.1) is 21.4 Å². The Morgan fingerprint density at radius 1 is 0.968 bits per heavy atom. The second-order valence-corrected chi connectivity index (χ2v) is 6.70. The molecular formula is C24H15N3O4. The third-order valence-electron chi connectivity index (χ3n) is 4.90. The van der Waals surface area contributed by atoms with Gasteiger partial charge in [-0.3, -0.25) is 15.1 Å². The molecule has 0 amide bonds. The van der Waals surface area contributed by atoms with E-state index in [2.05, 4.69) is 4.98 Å². The van der Waals surface area contributed by atoms with Crippen LogP contribution in [0.3, 0.4) is 0 Å². The summed E-state index contributed by atoms with van der Waals surface area (Å²) >= 11 is 0. The lowest BCUT2D eigenvalue weighted by atomic mass is 9.87. The highest BCUT2D eigenvalue weighted by atomic mass is 16.6. The number of hydrogen-bond donors (Lipinski definition) is 0. The Morgan fingerprint density at radius 2 is 1.65 bits per heavy atom. The van der Waals surface area contributed by atoms with Crippen LogP contribution in [0.4, 0.5) is 5.69 Å². The van der Waals surface area contributed by atoms with Crippen LogP contribution in [0.25, 0.3) is 10.8 Å². The van der Waals surface area contributed by atoms with E-state index in [1.807, 2.05) is 18.2 Å². The Labute approximate surface area is 177 Å². The lowest BCUT2D eigenvalue weighted by molar-refractivity contribution is -0.386. The molecule has 0 aliphatic carbocycles. The van der Waals surface area contributed by atoms with E-state index in [-0.39, 0.29) is 22.5 Å². The molecule has 4 rings (SSSR count). The maximum absolute atomic E-state index is 13.0. The summed E-state index contributed by atoms with van der Waals surface area (Å²) in [5.74, 6) is -0.796. The average molecular weight is 409 g/mol. The van der Waals surface area contributed by atoms with Crippen LogP contribution in [-0.2, 0) is 10.3 Å². The maximum Gasteiger partial charge on any atom is 0.340 e. The molecule has 0 spiro atoms. The van der Waals surface area contributed by atoms with Gasteiger partial charge < -0.3 is 4.74 Å². The number of nitrogens with zero attached hydrogens (tertiary/aromatic N) is 3. The molecule has 0 radical (unpaired) electrons. The minimum absolute atomic E-state index is 0.0735. The van der Waals surface area contributed by atoms with E-state index in [0.29, 0.717) is 5.39 Å². The van der Waals surface area contributed by atoms with Gasteiger partial charge in [-0.25, -0.2) is 4.79 Å². The molecule has 1 unspecified atom stereocenters. The summed E-state index contributed by atoms with van der Waals surface area (Å²) in [4.78, 5) is 28.5. The highest BCUT2D eigenvalue weighted by molar-refractivity contribution is 5.92. The first-order valence-electron chi connectivity index (χ1n) is 9.34. The topological polar surface area (TPSA) is 106 Å². The second kappa shape index (κ2) is 8.05. The highest BCUT2D eigenvalue weighted by Crippen LogP contribution is 2.40. The number of pyridine rings is 1. The molecule has 31 heavy (non-hydrogen) atoms. The minimum Gasteiger partial charge on any atom is -0.429 e. The molecule has 0 aliphatic heterocycles. The summed E-state index contributed by atoms with van der Waals surface area (Å²) in [6.45, 7) is 0. The number of carbonyl (C=O) groups is 1. The van der Waals surface area contributed by atoms with E-state index < -0.39 is 16.5 Å². The summed E-state index contributed by atoms with van der Waals surface area (Å²) in [5.41, 5.74) is -2.25. The van der Waals surface area contributed by atoms with Gasteiger partial charge in [0.05, 0.1) is 16.1 Å². The normalized spacial score (nSPS) is 12.5. The number of ether oxygens (including phenoxy) is 1. The molecule has 1 atom stereocenters. The summed E-state index contributed by atoms with van der Waals surface area (Å²) in [6, 6.07) is 24.8. The number of nitro groups is 1. The van der Waals surface area contributed by atoms with Crippen LogP contribution in [-0.4, -0.2) is 15.9 Å². The largest absolute Gasteiger partial charge is 0.429 e. The number of para-hydroxylation sites is 1. The number of hydrogen-bond acceptors (Lipinski definition) is 6. The van der Waals surface area contributed by atoms with Gasteiger partial charge in [-0.2, -0.15) is 5.26 Å². The summed E-state index contributed by atoms with van der Waals surface area (Å²) < 4.78 is 5.78. The zero-order chi connectivity index (χ0) is 21.8. The monoisotopic (exact) mass is 409 g/mol. The Morgan fingerprint density at radius 3 is 2.39 bits per heavy atom. The van der Waals surface area contributed by atoms with Gasteiger partial charge in [-0.15, -0.1) is 0 Å². The van der Waals surface area contributed by atoms with Gasteiger partial charge in [0.25, 0.3) is 11.3 Å². The van der Waals surface area contributed by atoms with Crippen LogP contribution in [0.15, 0.2) is 91.1 Å². The molecule has 7 nitrogen and oxygen atoms in total. The van der Waals surface area contributed by atoms with Crippen molar-refractivity contribution in [2.45, 2.75) is 5.60 Å². The van der Waals surface area contributed by atoms with Crippen LogP contribution in [0.5, 0.6) is 0 Å². The SMILES string of the molecule is N#CC(OC(=O)c1ccccc1)(c1ccccc1[N+](=O)[O-])c1nccc2ccccc12. The zero-order valence-electron chi connectivity index (χ0n) is 16.1. The first kappa shape index (κ1) is 19.7. The predicted octanol–water partition coefficient (Wildman–Crippen LogP) is 4.77. The fourth-order valence-electron chi connectivity index (χ4n) is 3.47. The predicted molar refractivity (Wildman–Crippen MR) is 113 cm³/mol. The number of rotatable bonds is 5. The van der Waals surface area contributed by atoms with Crippen molar-refractivity contribution in [2.24, 2.45) is 0 Å². The van der Waals surface area contributed by atoms with E-state index in [1.165, 1.54) is 24.4 Å². The number of nitro benzene ring substituents is 1. The van der Waals surface area contributed by atoms with E-state index >= 15 is 0 Å². The molecule has 1 aromatic heterocycles. The second-order valence-electron chi connectivity index (χ2n) is 6.70. The van der Waals surface area contributed by atoms with Crippen LogP contribution < -0.4 is 0 Å². The van der Waals surface area contributed by atoms with Crippen LogP contribution >= 0.6 is 0 Å². The van der Waals surface area contributed by atoms with Crippen molar-refractivity contribution in [3.05, 3.63) is 118 Å². The number of carbonyl (C=O) groups excluding carboxylic acids is 1. The Bertz CT molecular complexity index is 1330. The van der Waals surface area contributed by atoms with Crippen molar-refractivity contribution in [1.29, 1.82) is 5.26 Å². The first-order valence-corrected chi connectivity index (χ1v) is 9.34. The Balaban J connectivity index is 2.02. The van der Waals surface area contributed by atoms with Crippen LogP contribution in [0.2, 0.25) is 0 Å². The molecule has 3 aromatic carbocycles. The van der Waals surface area contributed by atoms with Gasteiger partial charge in [0, 0.05) is 17.6 Å². The number of aromatic nitrogens is 1. The molecule has 150 valence electrons. The van der Waals surface area contributed by atoms with Crippen molar-refractivity contribution >= 4 is 22.4 Å². The van der Waals surface area contributed by atoms with Gasteiger partial charge in [0.1, 0.15) is 11.8 Å². The minimum atomic E-state index is -2.14. The lowest BCUT2D eigenvalue weighted by Gasteiger charge is -2.27. The van der Waals surface area contributed by atoms with Crippen molar-refractivity contribution < 1.29 is 14.5 Å². The molecule has 0 bridgehead atoms. The number of nitriles is 1. The summed E-state index contributed by atoms with van der Waals surface area (Å²) in [5, 5.41) is 23.4. The number of esters is 1. The quantitative estimate of drug-likeness (QED) is 0.267. The molecular weight excluding hydrogens is 394 g/mol. The first-order chi connectivity index (χ1) is 15.1. The Hall–Kier alpha value is -4.57.